The van der Waals surface area contributed by atoms with Gasteiger partial charge in [0.05, 0.1) is 6.33 Å². The third-order valence-electron chi connectivity index (χ3n) is 3.76. The number of carbonyl (C=O) groups is 1. The van der Waals surface area contributed by atoms with E-state index >= 15 is 0 Å². The fourth-order valence-electron chi connectivity index (χ4n) is 2.62. The lowest BCUT2D eigenvalue weighted by Gasteiger charge is -2.08. The first-order chi connectivity index (χ1) is 11.8. The average molecular weight is 343 g/mol. The zero-order valence-electron chi connectivity index (χ0n) is 14.3. The Hall–Kier alpha value is -3.30. The maximum Gasteiger partial charge on any atom is 0.332 e. The molecule has 0 radical (unpaired) electrons. The fourth-order valence-corrected chi connectivity index (χ4v) is 2.62. The maximum absolute atomic E-state index is 12.3. The monoisotopic (exact) mass is 343 g/mol. The van der Waals surface area contributed by atoms with Crippen LogP contribution in [0.4, 0.5) is 5.95 Å². The maximum atomic E-state index is 12.3. The number of fused-ring (bicyclic) bond motifs is 1. The number of aryl methyl sites for hydroxylation is 3. The number of amides is 1. The molecule has 3 heterocycles. The van der Waals surface area contributed by atoms with Gasteiger partial charge < -0.3 is 4.57 Å². The zero-order valence-corrected chi connectivity index (χ0v) is 14.3. The van der Waals surface area contributed by atoms with Crippen LogP contribution < -0.4 is 16.6 Å². The quantitative estimate of drug-likeness (QED) is 0.684. The van der Waals surface area contributed by atoms with Crippen molar-refractivity contribution < 1.29 is 4.79 Å². The minimum absolute atomic E-state index is 0.152. The van der Waals surface area contributed by atoms with E-state index in [-0.39, 0.29) is 23.7 Å². The van der Waals surface area contributed by atoms with E-state index in [0.29, 0.717) is 0 Å². The van der Waals surface area contributed by atoms with Gasteiger partial charge >= 0.3 is 5.69 Å². The van der Waals surface area contributed by atoms with Crippen LogP contribution in [0.25, 0.3) is 11.2 Å². The van der Waals surface area contributed by atoms with Crippen molar-refractivity contribution in [3.05, 3.63) is 44.6 Å². The normalized spacial score (nSPS) is 11.0. The molecule has 0 aliphatic heterocycles. The van der Waals surface area contributed by atoms with Crippen molar-refractivity contribution in [2.45, 2.75) is 20.4 Å². The number of aromatic nitrogens is 6. The Balaban J connectivity index is 1.94. The predicted molar refractivity (Wildman–Crippen MR) is 90.4 cm³/mol. The molecule has 10 nitrogen and oxygen atoms in total. The number of nitrogens with one attached hydrogen (secondary N) is 1. The van der Waals surface area contributed by atoms with Crippen molar-refractivity contribution in [3.8, 4) is 0 Å². The van der Waals surface area contributed by atoms with Crippen LogP contribution in [0.2, 0.25) is 0 Å². The summed E-state index contributed by atoms with van der Waals surface area (Å²) < 4.78 is 3.64. The Morgan fingerprint density at radius 1 is 1.12 bits per heavy atom. The Morgan fingerprint density at radius 2 is 1.76 bits per heavy atom. The molecule has 3 aromatic rings. The molecule has 1 amide bonds. The largest absolute Gasteiger partial charge is 0.332 e. The zero-order chi connectivity index (χ0) is 18.3. The Bertz CT molecular complexity index is 1090. The third kappa shape index (κ3) is 2.93. The van der Waals surface area contributed by atoms with Crippen molar-refractivity contribution >= 4 is 23.0 Å². The molecular formula is C15H17N7O3. The summed E-state index contributed by atoms with van der Waals surface area (Å²) in [7, 11) is 2.90. The Morgan fingerprint density at radius 3 is 2.40 bits per heavy atom. The van der Waals surface area contributed by atoms with Gasteiger partial charge in [0.2, 0.25) is 11.9 Å². The number of nitrogens with zero attached hydrogens (tertiary/aromatic N) is 6. The lowest BCUT2D eigenvalue weighted by atomic mass is 10.3. The second-order valence-electron chi connectivity index (χ2n) is 5.77. The van der Waals surface area contributed by atoms with E-state index in [1.807, 2.05) is 0 Å². The van der Waals surface area contributed by atoms with Gasteiger partial charge in [-0.05, 0) is 19.9 Å². The van der Waals surface area contributed by atoms with Crippen molar-refractivity contribution in [3.63, 3.8) is 0 Å². The first-order valence-electron chi connectivity index (χ1n) is 7.51. The van der Waals surface area contributed by atoms with Gasteiger partial charge in [0.15, 0.2) is 11.2 Å². The van der Waals surface area contributed by atoms with Crippen LogP contribution in [-0.4, -0.2) is 34.6 Å². The van der Waals surface area contributed by atoms with Crippen LogP contribution in [0.3, 0.4) is 0 Å². The first-order valence-corrected chi connectivity index (χ1v) is 7.51. The molecule has 0 aliphatic carbocycles. The minimum Gasteiger partial charge on any atom is -0.315 e. The molecule has 0 aromatic carbocycles. The number of carbonyl (C=O) groups excluding carboxylic acids is 1. The summed E-state index contributed by atoms with van der Waals surface area (Å²) >= 11 is 0. The first kappa shape index (κ1) is 16.6. The van der Waals surface area contributed by atoms with Crippen LogP contribution in [0.1, 0.15) is 11.4 Å². The van der Waals surface area contributed by atoms with Gasteiger partial charge in [-0.3, -0.25) is 24.0 Å². The third-order valence-corrected chi connectivity index (χ3v) is 3.76. The molecule has 0 aliphatic rings. The molecule has 0 bridgehead atoms. The van der Waals surface area contributed by atoms with Crippen molar-refractivity contribution in [1.82, 2.24) is 28.7 Å². The van der Waals surface area contributed by atoms with E-state index in [0.717, 1.165) is 16.0 Å². The SMILES string of the molecule is Cc1cc(C)nc(NC(=O)Cn2cnc3c2c(=O)n(C)c(=O)n3C)n1. The van der Waals surface area contributed by atoms with E-state index < -0.39 is 17.2 Å². The number of hydrogen-bond donors (Lipinski definition) is 1. The van der Waals surface area contributed by atoms with Gasteiger partial charge in [0, 0.05) is 25.5 Å². The summed E-state index contributed by atoms with van der Waals surface area (Å²) in [4.78, 5) is 48.9. The van der Waals surface area contributed by atoms with Gasteiger partial charge in [0.25, 0.3) is 5.56 Å². The summed E-state index contributed by atoms with van der Waals surface area (Å²) in [5, 5.41) is 2.60. The summed E-state index contributed by atoms with van der Waals surface area (Å²) in [6, 6.07) is 1.79. The lowest BCUT2D eigenvalue weighted by molar-refractivity contribution is -0.116. The number of imidazole rings is 1. The van der Waals surface area contributed by atoms with Crippen molar-refractivity contribution in [2.24, 2.45) is 14.1 Å². The highest BCUT2D eigenvalue weighted by Gasteiger charge is 2.16. The molecule has 0 saturated carbocycles. The standard InChI is InChI=1S/C15H17N7O3/c1-8-5-9(2)18-14(17-8)19-10(23)6-22-7-16-12-11(22)13(24)21(4)15(25)20(12)3/h5,7H,6H2,1-4H3,(H,17,18,19,23). The van der Waals surface area contributed by atoms with Crippen molar-refractivity contribution in [2.75, 3.05) is 5.32 Å². The second-order valence-corrected chi connectivity index (χ2v) is 5.77. The van der Waals surface area contributed by atoms with Crippen LogP contribution in [0.15, 0.2) is 22.0 Å². The average Bonchev–Trinajstić information content (AvgIpc) is 2.93. The molecule has 0 saturated heterocycles. The molecular weight excluding hydrogens is 326 g/mol. The molecule has 0 unspecified atom stereocenters. The molecule has 25 heavy (non-hydrogen) atoms. The summed E-state index contributed by atoms with van der Waals surface area (Å²) in [5.74, 6) is -0.201. The van der Waals surface area contributed by atoms with E-state index in [4.69, 9.17) is 0 Å². The minimum atomic E-state index is -0.508. The van der Waals surface area contributed by atoms with Crippen LogP contribution >= 0.6 is 0 Å². The topological polar surface area (TPSA) is 117 Å². The van der Waals surface area contributed by atoms with Crippen LogP contribution in [-0.2, 0) is 25.4 Å². The van der Waals surface area contributed by atoms with E-state index in [9.17, 15) is 14.4 Å². The Labute approximate surface area is 141 Å². The van der Waals surface area contributed by atoms with Gasteiger partial charge in [-0.15, -0.1) is 0 Å². The second kappa shape index (κ2) is 5.96. The highest BCUT2D eigenvalue weighted by Crippen LogP contribution is 2.07. The Kier molecular flexibility index (Phi) is 3.95. The van der Waals surface area contributed by atoms with Gasteiger partial charge in [-0.25, -0.2) is 19.7 Å². The molecule has 3 aromatic heterocycles. The number of rotatable bonds is 3. The number of hydrogen-bond acceptors (Lipinski definition) is 6. The van der Waals surface area contributed by atoms with E-state index in [1.54, 1.807) is 19.9 Å². The van der Waals surface area contributed by atoms with Gasteiger partial charge in [-0.1, -0.05) is 0 Å². The molecule has 0 atom stereocenters. The fraction of sp³-hybridized carbons (Fsp3) is 0.333. The number of anilines is 1. The van der Waals surface area contributed by atoms with Crippen molar-refractivity contribution in [1.29, 1.82) is 0 Å². The van der Waals surface area contributed by atoms with E-state index in [1.165, 1.54) is 29.6 Å². The smallest absolute Gasteiger partial charge is 0.315 e. The molecule has 0 fully saturated rings. The van der Waals surface area contributed by atoms with Crippen LogP contribution in [0.5, 0.6) is 0 Å². The molecule has 0 spiro atoms. The molecule has 130 valence electrons. The van der Waals surface area contributed by atoms with Gasteiger partial charge in [0.1, 0.15) is 6.54 Å². The molecule has 10 heteroatoms. The summed E-state index contributed by atoms with van der Waals surface area (Å²) in [6.45, 7) is 3.45. The highest BCUT2D eigenvalue weighted by molar-refractivity contribution is 5.89. The molecule has 1 N–H and O–H groups in total. The summed E-state index contributed by atoms with van der Waals surface area (Å²) in [5.41, 5.74) is 0.894. The van der Waals surface area contributed by atoms with Crippen LogP contribution in [0, 0.1) is 13.8 Å². The predicted octanol–water partition coefficient (Wildman–Crippen LogP) is -0.521. The molecule has 3 rings (SSSR count). The van der Waals surface area contributed by atoms with E-state index in [2.05, 4.69) is 20.3 Å². The lowest BCUT2D eigenvalue weighted by Crippen LogP contribution is -2.37. The van der Waals surface area contributed by atoms with Gasteiger partial charge in [-0.2, -0.15) is 0 Å². The highest BCUT2D eigenvalue weighted by atomic mass is 16.2. The summed E-state index contributed by atoms with van der Waals surface area (Å²) in [6.07, 6.45) is 1.35.